The number of pyridine rings is 1. The van der Waals surface area contributed by atoms with E-state index in [1.54, 1.807) is 13.3 Å². The first kappa shape index (κ1) is 13.6. The van der Waals surface area contributed by atoms with Crippen molar-refractivity contribution in [2.45, 2.75) is 6.04 Å². The number of rotatable bonds is 3. The summed E-state index contributed by atoms with van der Waals surface area (Å²) in [7, 11) is 1.62. The standard InChI is InChI=1S/C15H17N3O3/c1-21-13-4-2-3-11-10(13)5-6-17-14(11)18-8-7-16-9-12(18)15(19)20/h2-6,12,16H,7-9H2,1H3,(H,19,20). The number of carboxylic acid groups (broad SMARTS) is 1. The second-order valence-electron chi connectivity index (χ2n) is 4.94. The summed E-state index contributed by atoms with van der Waals surface area (Å²) in [6.45, 7) is 1.77. The average molecular weight is 287 g/mol. The van der Waals surface area contributed by atoms with Crippen molar-refractivity contribution >= 4 is 22.6 Å². The van der Waals surface area contributed by atoms with Gasteiger partial charge in [0.05, 0.1) is 7.11 Å². The third kappa shape index (κ3) is 2.38. The van der Waals surface area contributed by atoms with Gasteiger partial charge in [0.2, 0.25) is 0 Å². The molecule has 6 nitrogen and oxygen atoms in total. The molecule has 2 N–H and O–H groups in total. The number of nitrogens with zero attached hydrogens (tertiary/aromatic N) is 2. The molecular formula is C15H17N3O3. The van der Waals surface area contributed by atoms with Crippen LogP contribution < -0.4 is 15.0 Å². The largest absolute Gasteiger partial charge is 0.496 e. The summed E-state index contributed by atoms with van der Waals surface area (Å²) in [5, 5.41) is 14.4. The van der Waals surface area contributed by atoms with Crippen molar-refractivity contribution in [2.75, 3.05) is 31.6 Å². The van der Waals surface area contributed by atoms with Crippen molar-refractivity contribution < 1.29 is 14.6 Å². The number of aliphatic carboxylic acids is 1. The van der Waals surface area contributed by atoms with Crippen molar-refractivity contribution in [1.29, 1.82) is 0 Å². The van der Waals surface area contributed by atoms with Crippen molar-refractivity contribution in [3.8, 4) is 5.75 Å². The Bertz CT molecular complexity index is 674. The van der Waals surface area contributed by atoms with Crippen LogP contribution in [0.3, 0.4) is 0 Å². The van der Waals surface area contributed by atoms with Crippen LogP contribution in [0.25, 0.3) is 10.8 Å². The first-order valence-electron chi connectivity index (χ1n) is 6.84. The molecule has 1 atom stereocenters. The molecule has 110 valence electrons. The number of aromatic nitrogens is 1. The topological polar surface area (TPSA) is 74.7 Å². The van der Waals surface area contributed by atoms with Crippen molar-refractivity contribution in [1.82, 2.24) is 10.3 Å². The minimum Gasteiger partial charge on any atom is -0.496 e. The minimum atomic E-state index is -0.844. The van der Waals surface area contributed by atoms with Gasteiger partial charge in [-0.15, -0.1) is 0 Å². The lowest BCUT2D eigenvalue weighted by molar-refractivity contribution is -0.138. The van der Waals surface area contributed by atoms with Crippen LogP contribution in [0.1, 0.15) is 0 Å². The number of methoxy groups -OCH3 is 1. The van der Waals surface area contributed by atoms with Crippen LogP contribution in [-0.2, 0) is 4.79 Å². The Morgan fingerprint density at radius 3 is 3.05 bits per heavy atom. The van der Waals surface area contributed by atoms with E-state index >= 15 is 0 Å². The first-order valence-corrected chi connectivity index (χ1v) is 6.84. The monoisotopic (exact) mass is 287 g/mol. The van der Waals surface area contributed by atoms with Crippen LogP contribution in [0, 0.1) is 0 Å². The molecule has 0 amide bonds. The number of hydrogen-bond donors (Lipinski definition) is 2. The number of fused-ring (bicyclic) bond motifs is 1. The molecule has 0 bridgehead atoms. The Hall–Kier alpha value is -2.34. The molecule has 1 aliphatic rings. The van der Waals surface area contributed by atoms with E-state index in [1.807, 2.05) is 29.2 Å². The highest BCUT2D eigenvalue weighted by atomic mass is 16.5. The van der Waals surface area contributed by atoms with Crippen molar-refractivity contribution in [3.05, 3.63) is 30.5 Å². The molecule has 1 saturated heterocycles. The highest BCUT2D eigenvalue weighted by Gasteiger charge is 2.30. The van der Waals surface area contributed by atoms with Crippen LogP contribution in [0.5, 0.6) is 5.75 Å². The Morgan fingerprint density at radius 2 is 2.29 bits per heavy atom. The van der Waals surface area contributed by atoms with Gasteiger partial charge in [-0.05, 0) is 12.1 Å². The Morgan fingerprint density at radius 1 is 1.43 bits per heavy atom. The summed E-state index contributed by atoms with van der Waals surface area (Å²) in [5.41, 5.74) is 0. The molecule has 0 spiro atoms. The van der Waals surface area contributed by atoms with Crippen molar-refractivity contribution in [3.63, 3.8) is 0 Å². The number of nitrogens with one attached hydrogen (secondary N) is 1. The molecular weight excluding hydrogens is 270 g/mol. The molecule has 3 rings (SSSR count). The zero-order valence-corrected chi connectivity index (χ0v) is 11.7. The van der Waals surface area contributed by atoms with Crippen LogP contribution >= 0.6 is 0 Å². The molecule has 2 aromatic rings. The maximum atomic E-state index is 11.5. The summed E-state index contributed by atoms with van der Waals surface area (Å²) in [5.74, 6) is 0.613. The Balaban J connectivity index is 2.13. The third-order valence-corrected chi connectivity index (χ3v) is 3.77. The summed E-state index contributed by atoms with van der Waals surface area (Å²) >= 11 is 0. The number of anilines is 1. The molecule has 2 heterocycles. The average Bonchev–Trinajstić information content (AvgIpc) is 2.53. The Labute approximate surface area is 122 Å². The molecule has 1 unspecified atom stereocenters. The number of carboxylic acids is 1. The lowest BCUT2D eigenvalue weighted by Crippen LogP contribution is -2.55. The van der Waals surface area contributed by atoms with E-state index in [-0.39, 0.29) is 0 Å². The van der Waals surface area contributed by atoms with E-state index in [9.17, 15) is 9.90 Å². The van der Waals surface area contributed by atoms with E-state index in [0.717, 1.165) is 23.1 Å². The normalized spacial score (nSPS) is 18.7. The highest BCUT2D eigenvalue weighted by Crippen LogP contribution is 2.32. The van der Waals surface area contributed by atoms with E-state index in [0.29, 0.717) is 18.9 Å². The number of carbonyl (C=O) groups is 1. The third-order valence-electron chi connectivity index (χ3n) is 3.77. The highest BCUT2D eigenvalue weighted by molar-refractivity contribution is 5.97. The maximum Gasteiger partial charge on any atom is 0.327 e. The summed E-state index contributed by atoms with van der Waals surface area (Å²) in [4.78, 5) is 17.7. The molecule has 1 aliphatic heterocycles. The molecule has 6 heteroatoms. The number of ether oxygens (including phenoxy) is 1. The van der Waals surface area contributed by atoms with Crippen LogP contribution in [0.2, 0.25) is 0 Å². The van der Waals surface area contributed by atoms with E-state index in [1.165, 1.54) is 0 Å². The second kappa shape index (κ2) is 5.57. The van der Waals surface area contributed by atoms with Gasteiger partial charge >= 0.3 is 5.97 Å². The van der Waals surface area contributed by atoms with E-state index < -0.39 is 12.0 Å². The quantitative estimate of drug-likeness (QED) is 0.881. The van der Waals surface area contributed by atoms with Crippen LogP contribution in [0.15, 0.2) is 30.5 Å². The predicted octanol–water partition coefficient (Wildman–Crippen LogP) is 1.11. The second-order valence-corrected chi connectivity index (χ2v) is 4.94. The summed E-state index contributed by atoms with van der Waals surface area (Å²) < 4.78 is 5.37. The van der Waals surface area contributed by atoms with Gasteiger partial charge in [0.15, 0.2) is 0 Å². The fraction of sp³-hybridized carbons (Fsp3) is 0.333. The molecule has 0 saturated carbocycles. The zero-order valence-electron chi connectivity index (χ0n) is 11.7. The number of benzene rings is 1. The van der Waals surface area contributed by atoms with Gasteiger partial charge in [-0.2, -0.15) is 0 Å². The Kier molecular flexibility index (Phi) is 3.62. The SMILES string of the molecule is COc1cccc2c(N3CCNCC3C(=O)O)nccc12. The zero-order chi connectivity index (χ0) is 14.8. The molecule has 0 aliphatic carbocycles. The fourth-order valence-corrected chi connectivity index (χ4v) is 2.75. The van der Waals surface area contributed by atoms with Gasteiger partial charge in [0.25, 0.3) is 0 Å². The van der Waals surface area contributed by atoms with Gasteiger partial charge in [-0.1, -0.05) is 12.1 Å². The minimum absolute atomic E-state index is 0.414. The van der Waals surface area contributed by atoms with Gasteiger partial charge in [-0.3, -0.25) is 0 Å². The van der Waals surface area contributed by atoms with Crippen LogP contribution in [-0.4, -0.2) is 48.8 Å². The lowest BCUT2D eigenvalue weighted by Gasteiger charge is -2.35. The van der Waals surface area contributed by atoms with Crippen molar-refractivity contribution in [2.24, 2.45) is 0 Å². The summed E-state index contributed by atoms with van der Waals surface area (Å²) in [6.07, 6.45) is 1.70. The lowest BCUT2D eigenvalue weighted by atomic mass is 10.1. The molecule has 0 radical (unpaired) electrons. The van der Waals surface area contributed by atoms with Gasteiger partial charge in [0, 0.05) is 36.6 Å². The molecule has 1 aromatic heterocycles. The molecule has 21 heavy (non-hydrogen) atoms. The van der Waals surface area contributed by atoms with E-state index in [2.05, 4.69) is 10.3 Å². The van der Waals surface area contributed by atoms with E-state index in [4.69, 9.17) is 4.74 Å². The number of hydrogen-bond acceptors (Lipinski definition) is 5. The fourth-order valence-electron chi connectivity index (χ4n) is 2.75. The maximum absolute atomic E-state index is 11.5. The first-order chi connectivity index (χ1) is 10.2. The van der Waals surface area contributed by atoms with Gasteiger partial charge in [-0.25, -0.2) is 9.78 Å². The van der Waals surface area contributed by atoms with Gasteiger partial charge < -0.3 is 20.1 Å². The summed E-state index contributed by atoms with van der Waals surface area (Å²) in [6, 6.07) is 7.00. The molecule has 1 fully saturated rings. The predicted molar refractivity (Wildman–Crippen MR) is 79.9 cm³/mol. The number of piperazine rings is 1. The van der Waals surface area contributed by atoms with Crippen LogP contribution in [0.4, 0.5) is 5.82 Å². The molecule has 1 aromatic carbocycles. The van der Waals surface area contributed by atoms with Gasteiger partial charge in [0.1, 0.15) is 17.6 Å². The smallest absolute Gasteiger partial charge is 0.327 e.